The molecule has 2 aromatic heterocycles. The number of rotatable bonds is 7. The maximum Gasteiger partial charge on any atom is 0.262 e. The Bertz CT molecular complexity index is 1120. The lowest BCUT2D eigenvalue weighted by Crippen LogP contribution is -2.34. The van der Waals surface area contributed by atoms with Crippen molar-refractivity contribution in [3.8, 4) is 0 Å². The third-order valence-corrected chi connectivity index (χ3v) is 7.14. The van der Waals surface area contributed by atoms with Crippen LogP contribution in [0.15, 0.2) is 35.4 Å². The molecule has 2 heterocycles. The first-order valence-electron chi connectivity index (χ1n) is 10.7. The molecule has 0 atom stereocenters. The van der Waals surface area contributed by atoms with E-state index in [2.05, 4.69) is 43.1 Å². The molecule has 0 radical (unpaired) electrons. The molecular weight excluding hydrogens is 394 g/mol. The van der Waals surface area contributed by atoms with Crippen LogP contribution in [-0.4, -0.2) is 26.4 Å². The minimum absolute atomic E-state index is 0.0445. The van der Waals surface area contributed by atoms with Crippen molar-refractivity contribution < 1.29 is 4.79 Å². The second kappa shape index (κ2) is 8.34. The number of hydrogen-bond acceptors (Lipinski definition) is 4. The highest BCUT2D eigenvalue weighted by molar-refractivity contribution is 7.18. The molecule has 4 rings (SSSR count). The first-order chi connectivity index (χ1) is 14.3. The lowest BCUT2D eigenvalue weighted by Gasteiger charge is -2.23. The Morgan fingerprint density at radius 3 is 2.57 bits per heavy atom. The zero-order chi connectivity index (χ0) is 21.4. The van der Waals surface area contributed by atoms with Gasteiger partial charge >= 0.3 is 0 Å². The van der Waals surface area contributed by atoms with E-state index in [4.69, 9.17) is 0 Å². The molecule has 1 aliphatic carbocycles. The van der Waals surface area contributed by atoms with E-state index in [1.54, 1.807) is 22.2 Å². The number of amides is 1. The minimum Gasteiger partial charge on any atom is -0.335 e. The summed E-state index contributed by atoms with van der Waals surface area (Å²) in [5.41, 5.74) is 3.42. The summed E-state index contributed by atoms with van der Waals surface area (Å²) in [6.45, 7) is 9.34. The van der Waals surface area contributed by atoms with Gasteiger partial charge in [-0.05, 0) is 49.3 Å². The summed E-state index contributed by atoms with van der Waals surface area (Å²) in [7, 11) is 0. The molecule has 0 saturated heterocycles. The van der Waals surface area contributed by atoms with Gasteiger partial charge in [0.05, 0.1) is 11.7 Å². The van der Waals surface area contributed by atoms with Crippen molar-refractivity contribution in [2.75, 3.05) is 0 Å². The van der Waals surface area contributed by atoms with Gasteiger partial charge in [0, 0.05) is 30.4 Å². The van der Waals surface area contributed by atoms with Gasteiger partial charge in [0.15, 0.2) is 0 Å². The van der Waals surface area contributed by atoms with Crippen LogP contribution >= 0.6 is 11.3 Å². The zero-order valence-corrected chi connectivity index (χ0v) is 19.0. The van der Waals surface area contributed by atoms with Gasteiger partial charge in [-0.2, -0.15) is 0 Å². The summed E-state index contributed by atoms with van der Waals surface area (Å²) in [6.07, 6.45) is 4.03. The van der Waals surface area contributed by atoms with E-state index in [1.807, 2.05) is 18.7 Å². The number of thiophene rings is 1. The number of nitrogens with zero attached hydrogens (tertiary/aromatic N) is 3. The number of benzene rings is 1. The number of aromatic nitrogens is 2. The Morgan fingerprint density at radius 1 is 1.23 bits per heavy atom. The topological polar surface area (TPSA) is 55.2 Å². The molecule has 158 valence electrons. The Kier molecular flexibility index (Phi) is 5.78. The third kappa shape index (κ3) is 4.19. The van der Waals surface area contributed by atoms with Crippen LogP contribution in [0.3, 0.4) is 0 Å². The van der Waals surface area contributed by atoms with Crippen LogP contribution < -0.4 is 5.56 Å². The van der Waals surface area contributed by atoms with Gasteiger partial charge in [-0.1, -0.05) is 38.1 Å². The number of aryl methyl sites for hydroxylation is 3. The van der Waals surface area contributed by atoms with Gasteiger partial charge < -0.3 is 4.90 Å². The van der Waals surface area contributed by atoms with Crippen molar-refractivity contribution >= 4 is 27.5 Å². The minimum atomic E-state index is -0.0445. The van der Waals surface area contributed by atoms with Crippen LogP contribution in [0.2, 0.25) is 0 Å². The highest BCUT2D eigenvalue weighted by Gasteiger charge is 2.32. The van der Waals surface area contributed by atoms with Crippen molar-refractivity contribution in [2.45, 2.75) is 72.0 Å². The van der Waals surface area contributed by atoms with Crippen LogP contribution in [0.4, 0.5) is 0 Å². The summed E-state index contributed by atoms with van der Waals surface area (Å²) in [4.78, 5) is 34.2. The molecule has 0 aliphatic heterocycles. The molecule has 1 aliphatic rings. The summed E-state index contributed by atoms with van der Waals surface area (Å²) < 4.78 is 1.59. The van der Waals surface area contributed by atoms with E-state index >= 15 is 0 Å². The maximum absolute atomic E-state index is 13.0. The normalized spacial score (nSPS) is 13.9. The van der Waals surface area contributed by atoms with Crippen LogP contribution in [-0.2, 0) is 17.9 Å². The number of carbonyl (C=O) groups is 1. The number of carbonyl (C=O) groups excluding carboxylic acids is 1. The predicted octanol–water partition coefficient (Wildman–Crippen LogP) is 4.78. The quantitative estimate of drug-likeness (QED) is 0.550. The highest BCUT2D eigenvalue weighted by atomic mass is 32.1. The number of hydrogen-bond donors (Lipinski definition) is 0. The fourth-order valence-corrected chi connectivity index (χ4v) is 4.79. The Balaban J connectivity index is 1.46. The SMILES string of the molecule is Cc1sc2ncn(CCC(=O)N(Cc3ccc(C(C)C)cc3)C3CC3)c(=O)c2c1C. The van der Waals surface area contributed by atoms with Crippen molar-refractivity contribution in [1.29, 1.82) is 0 Å². The molecule has 0 spiro atoms. The smallest absolute Gasteiger partial charge is 0.262 e. The zero-order valence-electron chi connectivity index (χ0n) is 18.1. The monoisotopic (exact) mass is 423 g/mol. The fourth-order valence-electron chi connectivity index (χ4n) is 3.80. The summed E-state index contributed by atoms with van der Waals surface area (Å²) in [5.74, 6) is 0.607. The molecule has 3 aromatic rings. The predicted molar refractivity (Wildman–Crippen MR) is 122 cm³/mol. The van der Waals surface area contributed by atoms with E-state index < -0.39 is 0 Å². The summed E-state index contributed by atoms with van der Waals surface area (Å²) in [5, 5.41) is 0.691. The molecule has 30 heavy (non-hydrogen) atoms. The lowest BCUT2D eigenvalue weighted by atomic mass is 10.0. The van der Waals surface area contributed by atoms with Crippen molar-refractivity contribution in [1.82, 2.24) is 14.5 Å². The van der Waals surface area contributed by atoms with Gasteiger partial charge in [-0.3, -0.25) is 14.2 Å². The second-order valence-corrected chi connectivity index (χ2v) is 9.81. The average molecular weight is 424 g/mol. The van der Waals surface area contributed by atoms with Gasteiger partial charge in [0.25, 0.3) is 5.56 Å². The van der Waals surface area contributed by atoms with Gasteiger partial charge in [-0.25, -0.2) is 4.98 Å². The molecule has 0 N–H and O–H groups in total. The van der Waals surface area contributed by atoms with Crippen molar-refractivity contribution in [3.63, 3.8) is 0 Å². The molecule has 1 fully saturated rings. The molecule has 1 saturated carbocycles. The highest BCUT2D eigenvalue weighted by Crippen LogP contribution is 2.29. The summed E-state index contributed by atoms with van der Waals surface area (Å²) in [6, 6.07) is 8.90. The van der Waals surface area contributed by atoms with E-state index in [0.717, 1.165) is 33.7 Å². The molecule has 0 unspecified atom stereocenters. The lowest BCUT2D eigenvalue weighted by molar-refractivity contribution is -0.132. The molecule has 1 aromatic carbocycles. The van der Waals surface area contributed by atoms with Crippen LogP contribution in [0.5, 0.6) is 0 Å². The molecule has 0 bridgehead atoms. The number of fused-ring (bicyclic) bond motifs is 1. The Labute approximate surface area is 181 Å². The molecule has 5 nitrogen and oxygen atoms in total. The molecule has 6 heteroatoms. The molecular formula is C24H29N3O2S. The van der Waals surface area contributed by atoms with E-state index in [-0.39, 0.29) is 11.5 Å². The van der Waals surface area contributed by atoms with E-state index in [9.17, 15) is 9.59 Å². The van der Waals surface area contributed by atoms with Crippen molar-refractivity contribution in [3.05, 3.63) is 62.5 Å². The molecule has 1 amide bonds. The maximum atomic E-state index is 13.0. The third-order valence-electron chi connectivity index (χ3n) is 6.03. The van der Waals surface area contributed by atoms with E-state index in [1.165, 1.54) is 5.56 Å². The van der Waals surface area contributed by atoms with Gasteiger partial charge in [0.2, 0.25) is 5.91 Å². The first kappa shape index (κ1) is 20.8. The summed E-state index contributed by atoms with van der Waals surface area (Å²) >= 11 is 1.55. The Morgan fingerprint density at radius 2 is 1.93 bits per heavy atom. The first-order valence-corrected chi connectivity index (χ1v) is 11.5. The van der Waals surface area contributed by atoms with E-state index in [0.29, 0.717) is 36.9 Å². The average Bonchev–Trinajstić information content (AvgIpc) is 3.52. The van der Waals surface area contributed by atoms with Crippen LogP contribution in [0.1, 0.15) is 60.6 Å². The van der Waals surface area contributed by atoms with Gasteiger partial charge in [0.1, 0.15) is 4.83 Å². The largest absolute Gasteiger partial charge is 0.335 e. The fraction of sp³-hybridized carbons (Fsp3) is 0.458. The van der Waals surface area contributed by atoms with Crippen molar-refractivity contribution in [2.24, 2.45) is 0 Å². The Hall–Kier alpha value is -2.47. The van der Waals surface area contributed by atoms with Crippen LogP contribution in [0.25, 0.3) is 10.2 Å². The standard InChI is InChI=1S/C24H29N3O2S/c1-15(2)19-7-5-18(6-8-19)13-27(20-9-10-20)21(28)11-12-26-14-25-23-22(24(26)29)16(3)17(4)30-23/h5-8,14-15,20H,9-13H2,1-4H3. The second-order valence-electron chi connectivity index (χ2n) is 8.61. The van der Waals surface area contributed by atoms with Crippen LogP contribution in [0, 0.1) is 13.8 Å². The van der Waals surface area contributed by atoms with Gasteiger partial charge in [-0.15, -0.1) is 11.3 Å².